The number of para-hydroxylation sites is 1. The molecule has 3 N–H and O–H groups in total. The number of nitrogens with one attached hydrogen (secondary N) is 1. The van der Waals surface area contributed by atoms with E-state index in [0.717, 1.165) is 6.07 Å². The van der Waals surface area contributed by atoms with Gasteiger partial charge in [0.25, 0.3) is 10.0 Å². The number of primary amides is 1. The van der Waals surface area contributed by atoms with Crippen molar-refractivity contribution in [2.24, 2.45) is 5.73 Å². The van der Waals surface area contributed by atoms with Crippen molar-refractivity contribution in [2.75, 3.05) is 0 Å². The van der Waals surface area contributed by atoms with Crippen LogP contribution < -0.4 is 16.1 Å². The Bertz CT molecular complexity index is 778. The van der Waals surface area contributed by atoms with Gasteiger partial charge in [0.2, 0.25) is 0 Å². The first-order valence-corrected chi connectivity index (χ1v) is 6.23. The van der Waals surface area contributed by atoms with Crippen molar-refractivity contribution in [3.63, 3.8) is 0 Å². The van der Waals surface area contributed by atoms with Gasteiger partial charge >= 0.3 is 11.7 Å². The smallest absolute Gasteiger partial charge is 0.357 e. The molecule has 2 rings (SSSR count). The number of hydrogen-bond acceptors (Lipinski definition) is 5. The quantitative estimate of drug-likeness (QED) is 0.751. The number of sulfonamides is 1. The lowest BCUT2D eigenvalue weighted by molar-refractivity contribution is 0.253. The normalized spacial score (nSPS) is 11.3. The van der Waals surface area contributed by atoms with Crippen LogP contribution in [0.15, 0.2) is 44.4 Å². The minimum absolute atomic E-state index is 0.250. The highest BCUT2D eigenvalue weighted by Crippen LogP contribution is 2.14. The molecule has 0 fully saturated rings. The summed E-state index contributed by atoms with van der Waals surface area (Å²) in [5.74, 6) is 0. The fourth-order valence-electron chi connectivity index (χ4n) is 1.42. The second-order valence-corrected chi connectivity index (χ2v) is 5.06. The standard InChI is InChI=1S/C10H8N2O5S/c11-10(14)12-18(15,16)8-5-6-3-1-2-4-7(6)17-9(8)13/h1-5H,(H3,11,12,14). The average molecular weight is 268 g/mol. The maximum Gasteiger partial charge on any atom is 0.357 e. The molecule has 8 heteroatoms. The Morgan fingerprint density at radius 1 is 1.28 bits per heavy atom. The second kappa shape index (κ2) is 4.15. The molecule has 0 atom stereocenters. The summed E-state index contributed by atoms with van der Waals surface area (Å²) >= 11 is 0. The van der Waals surface area contributed by atoms with Crippen molar-refractivity contribution < 1.29 is 17.6 Å². The highest BCUT2D eigenvalue weighted by Gasteiger charge is 2.21. The van der Waals surface area contributed by atoms with E-state index in [1.54, 1.807) is 18.2 Å². The number of urea groups is 1. The zero-order valence-electron chi connectivity index (χ0n) is 8.91. The molecule has 0 aliphatic rings. The van der Waals surface area contributed by atoms with E-state index in [4.69, 9.17) is 10.2 Å². The van der Waals surface area contributed by atoms with Gasteiger partial charge in [-0.15, -0.1) is 0 Å². The fourth-order valence-corrected chi connectivity index (χ4v) is 2.34. The van der Waals surface area contributed by atoms with E-state index in [9.17, 15) is 18.0 Å². The first-order valence-electron chi connectivity index (χ1n) is 4.75. The lowest BCUT2D eigenvalue weighted by atomic mass is 10.2. The van der Waals surface area contributed by atoms with Gasteiger partial charge in [0.1, 0.15) is 5.58 Å². The molecular formula is C10H8N2O5S. The fraction of sp³-hybridized carbons (Fsp3) is 0. The first kappa shape index (κ1) is 12.1. The van der Waals surface area contributed by atoms with Crippen molar-refractivity contribution in [3.05, 3.63) is 40.8 Å². The molecule has 0 saturated heterocycles. The Hall–Kier alpha value is -2.35. The summed E-state index contributed by atoms with van der Waals surface area (Å²) in [5.41, 5.74) is 3.90. The summed E-state index contributed by atoms with van der Waals surface area (Å²) < 4.78 is 29.6. The molecule has 1 heterocycles. The van der Waals surface area contributed by atoms with Crippen molar-refractivity contribution in [2.45, 2.75) is 4.90 Å². The molecule has 7 nitrogen and oxygen atoms in total. The summed E-state index contributed by atoms with van der Waals surface area (Å²) in [5, 5.41) is 0.418. The third kappa shape index (κ3) is 2.18. The van der Waals surface area contributed by atoms with Gasteiger partial charge in [-0.05, 0) is 12.1 Å². The summed E-state index contributed by atoms with van der Waals surface area (Å²) in [6.07, 6.45) is 0. The number of hydrogen-bond donors (Lipinski definition) is 2. The monoisotopic (exact) mass is 268 g/mol. The van der Waals surface area contributed by atoms with Crippen LogP contribution in [0.1, 0.15) is 0 Å². The van der Waals surface area contributed by atoms with Gasteiger partial charge in [0, 0.05) is 5.39 Å². The van der Waals surface area contributed by atoms with Crippen LogP contribution in [-0.2, 0) is 10.0 Å². The Morgan fingerprint density at radius 3 is 2.61 bits per heavy atom. The molecule has 0 bridgehead atoms. The molecule has 94 valence electrons. The lowest BCUT2D eigenvalue weighted by Crippen LogP contribution is -2.37. The molecule has 0 radical (unpaired) electrons. The zero-order valence-corrected chi connectivity index (χ0v) is 9.73. The molecule has 18 heavy (non-hydrogen) atoms. The van der Waals surface area contributed by atoms with Crippen LogP contribution in [0.2, 0.25) is 0 Å². The van der Waals surface area contributed by atoms with E-state index in [-0.39, 0.29) is 5.58 Å². The van der Waals surface area contributed by atoms with E-state index in [0.29, 0.717) is 5.39 Å². The first-order chi connectivity index (χ1) is 8.40. The largest absolute Gasteiger partial charge is 0.422 e. The highest BCUT2D eigenvalue weighted by molar-refractivity contribution is 7.90. The topological polar surface area (TPSA) is 119 Å². The van der Waals surface area contributed by atoms with Gasteiger partial charge < -0.3 is 10.2 Å². The minimum Gasteiger partial charge on any atom is -0.422 e. The summed E-state index contributed by atoms with van der Waals surface area (Å²) in [6, 6.07) is 6.23. The summed E-state index contributed by atoms with van der Waals surface area (Å²) in [7, 11) is -4.31. The molecule has 1 aromatic heterocycles. The van der Waals surface area contributed by atoms with E-state index >= 15 is 0 Å². The number of carbonyl (C=O) groups excluding carboxylic acids is 1. The number of benzene rings is 1. The van der Waals surface area contributed by atoms with Gasteiger partial charge in [0.15, 0.2) is 4.90 Å². The SMILES string of the molecule is NC(=O)NS(=O)(=O)c1cc2ccccc2oc1=O. The molecule has 0 spiro atoms. The molecule has 0 saturated carbocycles. The Balaban J connectivity index is 2.69. The second-order valence-electron chi connectivity index (χ2n) is 3.41. The van der Waals surface area contributed by atoms with Crippen LogP contribution >= 0.6 is 0 Å². The zero-order chi connectivity index (χ0) is 13.3. The van der Waals surface area contributed by atoms with Gasteiger partial charge in [-0.25, -0.2) is 22.7 Å². The molecule has 1 aromatic carbocycles. The van der Waals surface area contributed by atoms with E-state index in [2.05, 4.69) is 0 Å². The molecule has 2 aromatic rings. The van der Waals surface area contributed by atoms with Crippen LogP contribution in [0.5, 0.6) is 0 Å². The van der Waals surface area contributed by atoms with Crippen molar-refractivity contribution in [1.82, 2.24) is 4.72 Å². The van der Waals surface area contributed by atoms with E-state index in [1.807, 2.05) is 0 Å². The van der Waals surface area contributed by atoms with E-state index in [1.165, 1.54) is 10.8 Å². The number of amides is 2. The maximum atomic E-state index is 11.6. The summed E-state index contributed by atoms with van der Waals surface area (Å²) in [6.45, 7) is 0. The molecule has 0 aliphatic carbocycles. The van der Waals surface area contributed by atoms with Crippen molar-refractivity contribution >= 4 is 27.0 Å². The number of carbonyl (C=O) groups is 1. The van der Waals surface area contributed by atoms with Gasteiger partial charge in [-0.1, -0.05) is 18.2 Å². The number of nitrogens with two attached hydrogens (primary N) is 1. The number of fused-ring (bicyclic) bond motifs is 1. The van der Waals surface area contributed by atoms with Crippen LogP contribution in [0, 0.1) is 0 Å². The van der Waals surface area contributed by atoms with Crippen LogP contribution in [-0.4, -0.2) is 14.4 Å². The third-order valence-corrected chi connectivity index (χ3v) is 3.47. The molecule has 0 aliphatic heterocycles. The van der Waals surface area contributed by atoms with E-state index < -0.39 is 26.6 Å². The Labute approximate surface area is 101 Å². The van der Waals surface area contributed by atoms with Crippen LogP contribution in [0.25, 0.3) is 11.0 Å². The van der Waals surface area contributed by atoms with Crippen molar-refractivity contribution in [3.8, 4) is 0 Å². The van der Waals surface area contributed by atoms with Crippen LogP contribution in [0.4, 0.5) is 4.79 Å². The van der Waals surface area contributed by atoms with Crippen LogP contribution in [0.3, 0.4) is 0 Å². The molecule has 0 unspecified atom stereocenters. The molecular weight excluding hydrogens is 260 g/mol. The lowest BCUT2D eigenvalue weighted by Gasteiger charge is -2.03. The van der Waals surface area contributed by atoms with Gasteiger partial charge in [-0.3, -0.25) is 0 Å². The number of rotatable bonds is 2. The van der Waals surface area contributed by atoms with Crippen molar-refractivity contribution in [1.29, 1.82) is 0 Å². The Kier molecular flexibility index (Phi) is 2.79. The molecule has 2 amide bonds. The highest BCUT2D eigenvalue weighted by atomic mass is 32.2. The third-order valence-electron chi connectivity index (χ3n) is 2.13. The Morgan fingerprint density at radius 2 is 1.94 bits per heavy atom. The average Bonchev–Trinajstić information content (AvgIpc) is 2.26. The summed E-state index contributed by atoms with van der Waals surface area (Å²) in [4.78, 5) is 21.4. The van der Waals surface area contributed by atoms with Gasteiger partial charge in [0.05, 0.1) is 0 Å². The maximum absolute atomic E-state index is 11.6. The van der Waals surface area contributed by atoms with Gasteiger partial charge in [-0.2, -0.15) is 0 Å². The predicted molar refractivity (Wildman–Crippen MR) is 62.4 cm³/mol. The predicted octanol–water partition coefficient (Wildman–Crippen LogP) is 0.150. The minimum atomic E-state index is -4.31.